The van der Waals surface area contributed by atoms with Crippen LogP contribution in [0.1, 0.15) is 29.5 Å². The first-order valence-corrected chi connectivity index (χ1v) is 13.0. The fraction of sp³-hybridized carbons (Fsp3) is 0.182. The van der Waals surface area contributed by atoms with Crippen molar-refractivity contribution in [1.29, 1.82) is 0 Å². The molecule has 0 aliphatic rings. The minimum Gasteiger partial charge on any atom is -0.494 e. The standard InChI is InChI=1S/C33H30FNO4/c1-23-30-20-29(39-22-25-6-3-2-4-7-25)17-18-31(30)35(33(23)26-11-13-27(34)14-12-26)21-24-9-15-28(16-10-24)38-19-5-8-32(36)37/h2-4,6-7,9-18,20H,5,8,19,21-22H2,1H3,(H,36,37). The fourth-order valence-electron chi connectivity index (χ4n) is 4.76. The summed E-state index contributed by atoms with van der Waals surface area (Å²) in [6.07, 6.45) is 0.549. The van der Waals surface area contributed by atoms with Gasteiger partial charge in [-0.1, -0.05) is 42.5 Å². The minimum atomic E-state index is -0.824. The highest BCUT2D eigenvalue weighted by molar-refractivity contribution is 5.92. The zero-order valence-corrected chi connectivity index (χ0v) is 21.8. The van der Waals surface area contributed by atoms with Crippen molar-refractivity contribution in [2.45, 2.75) is 32.9 Å². The largest absolute Gasteiger partial charge is 0.494 e. The second kappa shape index (κ2) is 11.9. The first-order chi connectivity index (χ1) is 19.0. The van der Waals surface area contributed by atoms with Crippen LogP contribution in [0.25, 0.3) is 22.2 Å². The Balaban J connectivity index is 1.43. The SMILES string of the molecule is Cc1c(-c2ccc(F)cc2)n(Cc2ccc(OCCCC(=O)O)cc2)c2ccc(OCc3ccccc3)cc12. The molecule has 0 spiro atoms. The van der Waals surface area contributed by atoms with Gasteiger partial charge in [0, 0.05) is 23.9 Å². The quantitative estimate of drug-likeness (QED) is 0.181. The molecule has 6 heteroatoms. The van der Waals surface area contributed by atoms with Crippen molar-refractivity contribution in [3.63, 3.8) is 0 Å². The summed E-state index contributed by atoms with van der Waals surface area (Å²) in [5, 5.41) is 9.87. The number of carboxylic acid groups (broad SMARTS) is 1. The fourth-order valence-corrected chi connectivity index (χ4v) is 4.76. The van der Waals surface area contributed by atoms with Crippen LogP contribution >= 0.6 is 0 Å². The predicted molar refractivity (Wildman–Crippen MR) is 151 cm³/mol. The minimum absolute atomic E-state index is 0.0866. The lowest BCUT2D eigenvalue weighted by Gasteiger charge is -2.13. The van der Waals surface area contributed by atoms with Crippen LogP contribution in [0.15, 0.2) is 97.1 Å². The normalized spacial score (nSPS) is 11.0. The Morgan fingerprint density at radius 2 is 1.56 bits per heavy atom. The van der Waals surface area contributed by atoms with E-state index in [9.17, 15) is 9.18 Å². The molecule has 0 aliphatic heterocycles. The summed E-state index contributed by atoms with van der Waals surface area (Å²) in [4.78, 5) is 10.7. The molecule has 1 heterocycles. The molecule has 0 aliphatic carbocycles. The Labute approximate surface area is 227 Å². The number of rotatable bonds is 11. The van der Waals surface area contributed by atoms with Gasteiger partial charge in [0.15, 0.2) is 0 Å². The molecule has 1 aromatic heterocycles. The third-order valence-electron chi connectivity index (χ3n) is 6.72. The van der Waals surface area contributed by atoms with E-state index in [0.29, 0.717) is 31.9 Å². The van der Waals surface area contributed by atoms with Gasteiger partial charge in [-0.05, 0) is 90.2 Å². The van der Waals surface area contributed by atoms with Crippen LogP contribution < -0.4 is 9.47 Å². The Morgan fingerprint density at radius 1 is 0.846 bits per heavy atom. The zero-order valence-electron chi connectivity index (χ0n) is 21.8. The maximum absolute atomic E-state index is 13.8. The van der Waals surface area contributed by atoms with Gasteiger partial charge in [-0.25, -0.2) is 4.39 Å². The number of aromatic nitrogens is 1. The molecule has 0 amide bonds. The van der Waals surface area contributed by atoms with Gasteiger partial charge in [0.05, 0.1) is 12.3 Å². The summed E-state index contributed by atoms with van der Waals surface area (Å²) in [5.41, 5.74) is 6.31. The van der Waals surface area contributed by atoms with Crippen molar-refractivity contribution in [3.8, 4) is 22.8 Å². The van der Waals surface area contributed by atoms with E-state index < -0.39 is 5.97 Å². The number of halogens is 1. The highest BCUT2D eigenvalue weighted by atomic mass is 19.1. The highest BCUT2D eigenvalue weighted by Gasteiger charge is 2.17. The predicted octanol–water partition coefficient (Wildman–Crippen LogP) is 7.63. The molecule has 198 valence electrons. The number of nitrogens with zero attached hydrogens (tertiary/aromatic N) is 1. The molecule has 5 nitrogen and oxygen atoms in total. The number of fused-ring (bicyclic) bond motifs is 1. The van der Waals surface area contributed by atoms with Crippen molar-refractivity contribution >= 4 is 16.9 Å². The number of hydrogen-bond acceptors (Lipinski definition) is 3. The van der Waals surface area contributed by atoms with E-state index in [1.165, 1.54) is 12.1 Å². The van der Waals surface area contributed by atoms with Gasteiger partial charge < -0.3 is 19.1 Å². The first kappa shape index (κ1) is 26.0. The van der Waals surface area contributed by atoms with E-state index >= 15 is 0 Å². The molecular weight excluding hydrogens is 493 g/mol. The number of carboxylic acids is 1. The molecule has 0 fully saturated rings. The summed E-state index contributed by atoms with van der Waals surface area (Å²) in [5.74, 6) is 0.405. The molecule has 39 heavy (non-hydrogen) atoms. The van der Waals surface area contributed by atoms with E-state index in [1.54, 1.807) is 0 Å². The van der Waals surface area contributed by atoms with E-state index in [4.69, 9.17) is 14.6 Å². The van der Waals surface area contributed by atoms with Crippen molar-refractivity contribution in [2.24, 2.45) is 0 Å². The van der Waals surface area contributed by atoms with E-state index in [1.807, 2.05) is 72.8 Å². The number of ether oxygens (including phenoxy) is 2. The number of benzene rings is 4. The van der Waals surface area contributed by atoms with Crippen molar-refractivity contribution in [2.75, 3.05) is 6.61 Å². The average molecular weight is 524 g/mol. The second-order valence-corrected chi connectivity index (χ2v) is 9.51. The third kappa shape index (κ3) is 6.29. The van der Waals surface area contributed by atoms with Crippen molar-refractivity contribution < 1.29 is 23.8 Å². The van der Waals surface area contributed by atoms with E-state index in [2.05, 4.69) is 23.6 Å². The molecule has 4 aromatic carbocycles. The van der Waals surface area contributed by atoms with Gasteiger partial charge in [-0.15, -0.1) is 0 Å². The van der Waals surface area contributed by atoms with Crippen molar-refractivity contribution in [3.05, 3.63) is 120 Å². The summed E-state index contributed by atoms with van der Waals surface area (Å²) in [6, 6.07) is 30.6. The van der Waals surface area contributed by atoms with Crippen LogP contribution in [0, 0.1) is 12.7 Å². The van der Waals surface area contributed by atoms with Crippen LogP contribution in [0.4, 0.5) is 4.39 Å². The van der Waals surface area contributed by atoms with E-state index in [-0.39, 0.29) is 12.2 Å². The number of aryl methyl sites for hydroxylation is 1. The topological polar surface area (TPSA) is 60.7 Å². The number of carbonyl (C=O) groups is 1. The average Bonchev–Trinajstić information content (AvgIpc) is 3.22. The van der Waals surface area contributed by atoms with Gasteiger partial charge >= 0.3 is 5.97 Å². The Bertz CT molecular complexity index is 1560. The lowest BCUT2D eigenvalue weighted by molar-refractivity contribution is -0.137. The molecule has 0 atom stereocenters. The summed E-state index contributed by atoms with van der Waals surface area (Å²) < 4.78 is 27.8. The van der Waals surface area contributed by atoms with Crippen LogP contribution in [-0.4, -0.2) is 22.2 Å². The van der Waals surface area contributed by atoms with Gasteiger partial charge in [-0.2, -0.15) is 0 Å². The highest BCUT2D eigenvalue weighted by Crippen LogP contribution is 2.36. The van der Waals surface area contributed by atoms with Gasteiger partial charge in [0.25, 0.3) is 0 Å². The molecular formula is C33H30FNO4. The van der Waals surface area contributed by atoms with Crippen LogP contribution in [-0.2, 0) is 17.9 Å². The molecule has 0 saturated heterocycles. The molecule has 0 bridgehead atoms. The lowest BCUT2D eigenvalue weighted by atomic mass is 10.1. The molecule has 1 N–H and O–H groups in total. The Morgan fingerprint density at radius 3 is 2.28 bits per heavy atom. The molecule has 5 aromatic rings. The lowest BCUT2D eigenvalue weighted by Crippen LogP contribution is -2.04. The molecule has 0 saturated carbocycles. The Hall–Kier alpha value is -4.58. The molecule has 5 rings (SSSR count). The van der Waals surface area contributed by atoms with Crippen LogP contribution in [0.2, 0.25) is 0 Å². The smallest absolute Gasteiger partial charge is 0.303 e. The number of hydrogen-bond donors (Lipinski definition) is 1. The van der Waals surface area contributed by atoms with Gasteiger partial charge in [0.1, 0.15) is 23.9 Å². The Kier molecular flexibility index (Phi) is 7.92. The number of aliphatic carboxylic acids is 1. The summed E-state index contributed by atoms with van der Waals surface area (Å²) in [6.45, 7) is 3.55. The monoisotopic (exact) mass is 523 g/mol. The first-order valence-electron chi connectivity index (χ1n) is 13.0. The van der Waals surface area contributed by atoms with Crippen LogP contribution in [0.3, 0.4) is 0 Å². The summed E-state index contributed by atoms with van der Waals surface area (Å²) >= 11 is 0. The van der Waals surface area contributed by atoms with Crippen molar-refractivity contribution in [1.82, 2.24) is 4.57 Å². The summed E-state index contributed by atoms with van der Waals surface area (Å²) in [7, 11) is 0. The maximum atomic E-state index is 13.8. The van der Waals surface area contributed by atoms with E-state index in [0.717, 1.165) is 44.6 Å². The molecule has 0 radical (unpaired) electrons. The molecule has 0 unspecified atom stereocenters. The second-order valence-electron chi connectivity index (χ2n) is 9.51. The maximum Gasteiger partial charge on any atom is 0.303 e. The van der Waals surface area contributed by atoms with Crippen LogP contribution in [0.5, 0.6) is 11.5 Å². The zero-order chi connectivity index (χ0) is 27.2. The van der Waals surface area contributed by atoms with Gasteiger partial charge in [-0.3, -0.25) is 4.79 Å². The third-order valence-corrected chi connectivity index (χ3v) is 6.72. The van der Waals surface area contributed by atoms with Gasteiger partial charge in [0.2, 0.25) is 0 Å².